The molecular formula is C18H20FN3O2. The van der Waals surface area contributed by atoms with Crippen LogP contribution in [-0.4, -0.2) is 41.6 Å². The Morgan fingerprint density at radius 3 is 2.46 bits per heavy atom. The summed E-state index contributed by atoms with van der Waals surface area (Å²) in [5.41, 5.74) is 1.87. The van der Waals surface area contributed by atoms with Crippen LogP contribution in [0.15, 0.2) is 48.8 Å². The molecule has 0 unspecified atom stereocenters. The fourth-order valence-corrected chi connectivity index (χ4v) is 2.66. The van der Waals surface area contributed by atoms with Gasteiger partial charge in [-0.1, -0.05) is 12.1 Å². The highest BCUT2D eigenvalue weighted by Gasteiger charge is 2.27. The third-order valence-electron chi connectivity index (χ3n) is 3.92. The highest BCUT2D eigenvalue weighted by Crippen LogP contribution is 2.13. The average Bonchev–Trinajstić information content (AvgIpc) is 2.64. The van der Waals surface area contributed by atoms with Gasteiger partial charge in [-0.3, -0.25) is 9.78 Å². The first-order valence-electron chi connectivity index (χ1n) is 7.97. The molecule has 0 aliphatic carbocycles. The average molecular weight is 329 g/mol. The molecule has 6 heteroatoms. The van der Waals surface area contributed by atoms with Crippen molar-refractivity contribution in [3.8, 4) is 0 Å². The Balaban J connectivity index is 1.76. The molecule has 24 heavy (non-hydrogen) atoms. The smallest absolute Gasteiger partial charge is 0.253 e. The maximum absolute atomic E-state index is 13.1. The van der Waals surface area contributed by atoms with Gasteiger partial charge in [0.1, 0.15) is 11.9 Å². The van der Waals surface area contributed by atoms with Crippen LogP contribution in [0.3, 0.4) is 0 Å². The van der Waals surface area contributed by atoms with Crippen LogP contribution >= 0.6 is 0 Å². The molecule has 1 fully saturated rings. The van der Waals surface area contributed by atoms with E-state index < -0.39 is 6.10 Å². The number of benzene rings is 1. The molecule has 126 valence electrons. The van der Waals surface area contributed by atoms with Crippen molar-refractivity contribution in [3.05, 3.63) is 65.7 Å². The molecule has 2 heterocycles. The second-order valence-corrected chi connectivity index (χ2v) is 5.74. The van der Waals surface area contributed by atoms with Crippen LogP contribution < -0.4 is 5.32 Å². The molecule has 0 bridgehead atoms. The van der Waals surface area contributed by atoms with Crippen molar-refractivity contribution in [1.29, 1.82) is 0 Å². The quantitative estimate of drug-likeness (QED) is 0.908. The Bertz CT molecular complexity index is 658. The Labute approximate surface area is 140 Å². The lowest BCUT2D eigenvalue weighted by atomic mass is 10.1. The van der Waals surface area contributed by atoms with Crippen LogP contribution in [0, 0.1) is 5.82 Å². The molecule has 0 radical (unpaired) electrons. The molecule has 1 aliphatic rings. The van der Waals surface area contributed by atoms with Gasteiger partial charge >= 0.3 is 0 Å². The number of aromatic nitrogens is 1. The normalized spacial score (nSPS) is 17.5. The van der Waals surface area contributed by atoms with Crippen LogP contribution in [0.4, 0.5) is 4.39 Å². The molecule has 2 aromatic rings. The number of hydrogen-bond donors (Lipinski definition) is 1. The van der Waals surface area contributed by atoms with Gasteiger partial charge in [-0.2, -0.15) is 0 Å². The SMILES string of the molecule is O=C([C@H]1CNCCO1)N(Cc1ccncc1)Cc1ccc(F)cc1. The van der Waals surface area contributed by atoms with Gasteiger partial charge in [0.25, 0.3) is 5.91 Å². The van der Waals surface area contributed by atoms with Gasteiger partial charge in [0, 0.05) is 38.6 Å². The second kappa shape index (κ2) is 7.99. The first-order chi connectivity index (χ1) is 11.7. The standard InChI is InChI=1S/C18H20FN3O2/c19-16-3-1-14(2-4-16)12-22(13-15-5-7-20-8-6-15)18(23)17-11-21-9-10-24-17/h1-8,17,21H,9-13H2/t17-/m1/s1. The van der Waals surface area contributed by atoms with E-state index in [0.29, 0.717) is 26.2 Å². The van der Waals surface area contributed by atoms with Crippen molar-refractivity contribution in [2.45, 2.75) is 19.2 Å². The van der Waals surface area contributed by atoms with Crippen molar-refractivity contribution in [2.24, 2.45) is 0 Å². The van der Waals surface area contributed by atoms with Crippen LogP contribution in [0.5, 0.6) is 0 Å². The minimum Gasteiger partial charge on any atom is -0.366 e. The molecule has 0 spiro atoms. The van der Waals surface area contributed by atoms with E-state index in [9.17, 15) is 9.18 Å². The number of ether oxygens (including phenoxy) is 1. The van der Waals surface area contributed by atoms with Crippen LogP contribution in [0.1, 0.15) is 11.1 Å². The first kappa shape index (κ1) is 16.5. The summed E-state index contributed by atoms with van der Waals surface area (Å²) in [4.78, 5) is 18.6. The molecule has 3 rings (SSSR count). The number of rotatable bonds is 5. The minimum atomic E-state index is -0.485. The molecule has 1 aromatic carbocycles. The Morgan fingerprint density at radius 2 is 1.83 bits per heavy atom. The van der Waals surface area contributed by atoms with Crippen molar-refractivity contribution >= 4 is 5.91 Å². The predicted molar refractivity (Wildman–Crippen MR) is 87.5 cm³/mol. The molecule has 1 aromatic heterocycles. The summed E-state index contributed by atoms with van der Waals surface area (Å²) >= 11 is 0. The van der Waals surface area contributed by atoms with Gasteiger partial charge in [-0.15, -0.1) is 0 Å². The van der Waals surface area contributed by atoms with Gasteiger partial charge in [-0.05, 0) is 35.4 Å². The van der Waals surface area contributed by atoms with Crippen molar-refractivity contribution in [3.63, 3.8) is 0 Å². The highest BCUT2D eigenvalue weighted by atomic mass is 19.1. The summed E-state index contributed by atoms with van der Waals surface area (Å²) in [6.07, 6.45) is 2.92. The number of halogens is 1. The zero-order chi connectivity index (χ0) is 16.8. The molecule has 1 saturated heterocycles. The lowest BCUT2D eigenvalue weighted by molar-refractivity contribution is -0.146. The number of nitrogens with zero attached hydrogens (tertiary/aromatic N) is 2. The van der Waals surface area contributed by atoms with E-state index in [1.54, 1.807) is 29.4 Å². The van der Waals surface area contributed by atoms with Crippen molar-refractivity contribution in [2.75, 3.05) is 19.7 Å². The van der Waals surface area contributed by atoms with Crippen molar-refractivity contribution < 1.29 is 13.9 Å². The number of carbonyl (C=O) groups excluding carboxylic acids is 1. The topological polar surface area (TPSA) is 54.5 Å². The summed E-state index contributed by atoms with van der Waals surface area (Å²) in [6, 6.07) is 9.96. The van der Waals surface area contributed by atoms with E-state index in [-0.39, 0.29) is 11.7 Å². The maximum atomic E-state index is 13.1. The molecule has 5 nitrogen and oxygen atoms in total. The zero-order valence-electron chi connectivity index (χ0n) is 13.3. The fraction of sp³-hybridized carbons (Fsp3) is 0.333. The summed E-state index contributed by atoms with van der Waals surface area (Å²) in [6.45, 7) is 2.65. The summed E-state index contributed by atoms with van der Waals surface area (Å²) in [7, 11) is 0. The molecular weight excluding hydrogens is 309 g/mol. The van der Waals surface area contributed by atoms with Crippen LogP contribution in [-0.2, 0) is 22.6 Å². The third kappa shape index (κ3) is 4.37. The minimum absolute atomic E-state index is 0.0664. The summed E-state index contributed by atoms with van der Waals surface area (Å²) in [5, 5.41) is 3.17. The lowest BCUT2D eigenvalue weighted by Crippen LogP contribution is -2.49. The van der Waals surface area contributed by atoms with E-state index in [1.165, 1.54) is 12.1 Å². The van der Waals surface area contributed by atoms with E-state index >= 15 is 0 Å². The summed E-state index contributed by atoms with van der Waals surface area (Å²) < 4.78 is 18.7. The summed E-state index contributed by atoms with van der Waals surface area (Å²) in [5.74, 6) is -0.353. The van der Waals surface area contributed by atoms with E-state index in [1.807, 2.05) is 12.1 Å². The van der Waals surface area contributed by atoms with Gasteiger partial charge in [0.15, 0.2) is 0 Å². The first-order valence-corrected chi connectivity index (χ1v) is 7.97. The van der Waals surface area contributed by atoms with Gasteiger partial charge in [-0.25, -0.2) is 4.39 Å². The Kier molecular flexibility index (Phi) is 5.51. The van der Waals surface area contributed by atoms with Gasteiger partial charge in [0.2, 0.25) is 0 Å². The van der Waals surface area contributed by atoms with E-state index in [2.05, 4.69) is 10.3 Å². The van der Waals surface area contributed by atoms with Gasteiger partial charge < -0.3 is 15.0 Å². The Morgan fingerprint density at radius 1 is 1.17 bits per heavy atom. The van der Waals surface area contributed by atoms with Crippen LogP contribution in [0.25, 0.3) is 0 Å². The van der Waals surface area contributed by atoms with E-state index in [4.69, 9.17) is 4.74 Å². The molecule has 1 aliphatic heterocycles. The maximum Gasteiger partial charge on any atom is 0.253 e. The second-order valence-electron chi connectivity index (χ2n) is 5.74. The lowest BCUT2D eigenvalue weighted by Gasteiger charge is -2.30. The molecule has 1 amide bonds. The third-order valence-corrected chi connectivity index (χ3v) is 3.92. The number of morpholine rings is 1. The van der Waals surface area contributed by atoms with Crippen LogP contribution in [0.2, 0.25) is 0 Å². The Hall–Kier alpha value is -2.31. The molecule has 1 atom stereocenters. The number of hydrogen-bond acceptors (Lipinski definition) is 4. The van der Waals surface area contributed by atoms with Crippen molar-refractivity contribution in [1.82, 2.24) is 15.2 Å². The van der Waals surface area contributed by atoms with Gasteiger partial charge in [0.05, 0.1) is 6.61 Å². The number of nitrogens with one attached hydrogen (secondary N) is 1. The molecule has 0 saturated carbocycles. The predicted octanol–water partition coefficient (Wildman–Crippen LogP) is 1.74. The fourth-order valence-electron chi connectivity index (χ4n) is 2.66. The van der Waals surface area contributed by atoms with E-state index in [0.717, 1.165) is 17.7 Å². The number of carbonyl (C=O) groups is 1. The zero-order valence-corrected chi connectivity index (χ0v) is 13.3. The highest BCUT2D eigenvalue weighted by molar-refractivity contribution is 5.81. The number of amides is 1. The monoisotopic (exact) mass is 329 g/mol. The largest absolute Gasteiger partial charge is 0.366 e. The molecule has 1 N–H and O–H groups in total. The number of pyridine rings is 1.